The molecule has 12 nitrogen and oxygen atoms in total. The molecular weight excluding hydrogens is 813 g/mol. The number of hydrogen-bond acceptors (Lipinski definition) is 8. The Hall–Kier alpha value is -4.93. The molecule has 0 saturated carbocycles. The molecule has 2 fully saturated rings. The van der Waals surface area contributed by atoms with Gasteiger partial charge in [-0.25, -0.2) is 19.4 Å². The lowest BCUT2D eigenvalue weighted by molar-refractivity contribution is -0.286. The second kappa shape index (κ2) is 18.8. The molecule has 324 valence electrons. The normalized spacial score (nSPS) is 17.7. The molecule has 2 saturated heterocycles. The van der Waals surface area contributed by atoms with Crippen LogP contribution >= 0.6 is 0 Å². The maximum absolute atomic E-state index is 13.4. The van der Waals surface area contributed by atoms with Gasteiger partial charge in [-0.05, 0) is 106 Å². The van der Waals surface area contributed by atoms with Crippen molar-refractivity contribution in [3.8, 4) is 22.9 Å². The fourth-order valence-corrected chi connectivity index (χ4v) is 6.37. The number of carboxylic acids is 3. The number of piperidine rings is 2. The third kappa shape index (κ3) is 13.9. The average Bonchev–Trinajstić information content (AvgIpc) is 3.67. The summed E-state index contributed by atoms with van der Waals surface area (Å²) in [4.78, 5) is 40.2. The first-order chi connectivity index (χ1) is 26.6. The quantitative estimate of drug-likeness (QED) is 0.184. The number of imidazole rings is 1. The zero-order chi connectivity index (χ0) is 44.0. The summed E-state index contributed by atoms with van der Waals surface area (Å²) in [7, 11) is 0. The summed E-state index contributed by atoms with van der Waals surface area (Å²) in [6.45, 7) is 12.7. The van der Waals surface area contributed by atoms with Gasteiger partial charge in [-0.2, -0.15) is 39.5 Å². The zero-order valence-electron chi connectivity index (χ0n) is 30.9. The standard InChI is InChI=1S/C29H36F2N4O2.3C2HF3O2/c1-18(2)17-34-10-8-23(9-11-34)35-12-6-20(7-13-35)22-14-19(3)27-24(15-22)32-28(33-27)21-4-5-25-26(16-21)37-29(30,31)36-25;3*3-2(4,5)1(6)7/h4-5,14-16,18,20,23H,6-13,17H2,1-3H3,(H,32,33);3*(H,6,7). The third-order valence-corrected chi connectivity index (χ3v) is 8.90. The fraction of sp³-hybridized carbons (Fsp3) is 0.543. The number of ether oxygens (including phenoxy) is 2. The number of hydrogen-bond donors (Lipinski definition) is 4. The number of rotatable bonds is 5. The summed E-state index contributed by atoms with van der Waals surface area (Å²) in [6.07, 6.45) is -13.9. The number of carbonyl (C=O) groups is 3. The molecule has 0 radical (unpaired) electrons. The first-order valence-electron chi connectivity index (χ1n) is 17.3. The number of nitrogens with zero attached hydrogens (tertiary/aromatic N) is 3. The van der Waals surface area contributed by atoms with E-state index in [0.717, 1.165) is 41.6 Å². The number of benzene rings is 2. The van der Waals surface area contributed by atoms with Crippen LogP contribution in [-0.2, 0) is 14.4 Å². The summed E-state index contributed by atoms with van der Waals surface area (Å²) in [5.41, 5.74) is 5.06. The first kappa shape index (κ1) is 47.4. The number of nitrogens with one attached hydrogen (secondary N) is 1. The minimum absolute atomic E-state index is 0.0257. The van der Waals surface area contributed by atoms with E-state index in [1.807, 2.05) is 0 Å². The third-order valence-electron chi connectivity index (χ3n) is 8.90. The summed E-state index contributed by atoms with van der Waals surface area (Å²) in [5, 5.41) is 21.4. The van der Waals surface area contributed by atoms with Crippen molar-refractivity contribution in [2.24, 2.45) is 5.92 Å². The minimum Gasteiger partial charge on any atom is -0.475 e. The molecule has 0 spiro atoms. The van der Waals surface area contributed by atoms with Crippen LogP contribution in [0.25, 0.3) is 22.4 Å². The smallest absolute Gasteiger partial charge is 0.475 e. The molecule has 0 amide bonds. The summed E-state index contributed by atoms with van der Waals surface area (Å²) in [6, 6.07) is 10.0. The molecule has 6 rings (SSSR count). The predicted molar refractivity (Wildman–Crippen MR) is 181 cm³/mol. The molecular formula is C35H39F11N4O8. The van der Waals surface area contributed by atoms with Crippen molar-refractivity contribution < 1.29 is 87.5 Å². The molecule has 0 aliphatic carbocycles. The van der Waals surface area contributed by atoms with E-state index in [1.165, 1.54) is 56.9 Å². The van der Waals surface area contributed by atoms with E-state index in [0.29, 0.717) is 17.3 Å². The number of aliphatic carboxylic acids is 3. The molecule has 1 aromatic heterocycles. The summed E-state index contributed by atoms with van der Waals surface area (Å²) < 4.78 is 131. The van der Waals surface area contributed by atoms with Crippen LogP contribution < -0.4 is 9.47 Å². The van der Waals surface area contributed by atoms with Crippen molar-refractivity contribution >= 4 is 28.9 Å². The second-order valence-corrected chi connectivity index (χ2v) is 13.8. The van der Waals surface area contributed by atoms with Gasteiger partial charge >= 0.3 is 42.7 Å². The lowest BCUT2D eigenvalue weighted by Gasteiger charge is -2.42. The predicted octanol–water partition coefficient (Wildman–Crippen LogP) is 8.06. The first-order valence-corrected chi connectivity index (χ1v) is 17.3. The Morgan fingerprint density at radius 1 is 0.793 bits per heavy atom. The number of fused-ring (bicyclic) bond motifs is 2. The number of aromatic amines is 1. The highest BCUT2D eigenvalue weighted by Gasteiger charge is 2.44. The number of carboxylic acid groups (broad SMARTS) is 3. The van der Waals surface area contributed by atoms with Crippen LogP contribution in [0, 0.1) is 12.8 Å². The molecule has 4 heterocycles. The monoisotopic (exact) mass is 852 g/mol. The lowest BCUT2D eigenvalue weighted by Crippen LogP contribution is -2.48. The van der Waals surface area contributed by atoms with Crippen molar-refractivity contribution in [1.29, 1.82) is 0 Å². The Bertz CT molecular complexity index is 1830. The van der Waals surface area contributed by atoms with E-state index >= 15 is 0 Å². The SMILES string of the molecule is Cc1cc(C2CCN(C3CCN(CC(C)C)CC3)CC2)cc2[nH]c(-c3ccc4c(c3)OC(F)(F)O4)nc12.O=C(O)C(F)(F)F.O=C(O)C(F)(F)F.O=C(O)C(F)(F)F. The van der Waals surface area contributed by atoms with Gasteiger partial charge in [-0.3, -0.25) is 0 Å². The van der Waals surface area contributed by atoms with Gasteiger partial charge in [-0.1, -0.05) is 19.9 Å². The highest BCUT2D eigenvalue weighted by Crippen LogP contribution is 2.43. The van der Waals surface area contributed by atoms with Gasteiger partial charge in [0.2, 0.25) is 0 Å². The Morgan fingerprint density at radius 2 is 1.28 bits per heavy atom. The van der Waals surface area contributed by atoms with Crippen LogP contribution in [0.2, 0.25) is 0 Å². The zero-order valence-corrected chi connectivity index (χ0v) is 30.9. The van der Waals surface area contributed by atoms with E-state index in [4.69, 9.17) is 34.7 Å². The van der Waals surface area contributed by atoms with Gasteiger partial charge in [0.25, 0.3) is 0 Å². The van der Waals surface area contributed by atoms with Gasteiger partial charge in [0.15, 0.2) is 11.5 Å². The number of likely N-dealkylation sites (tertiary alicyclic amines) is 2. The highest BCUT2D eigenvalue weighted by atomic mass is 19.4. The van der Waals surface area contributed by atoms with E-state index in [1.54, 1.807) is 12.1 Å². The van der Waals surface area contributed by atoms with Gasteiger partial charge in [0.1, 0.15) is 5.82 Å². The fourth-order valence-electron chi connectivity index (χ4n) is 6.37. The van der Waals surface area contributed by atoms with Crippen molar-refractivity contribution in [2.75, 3.05) is 32.7 Å². The van der Waals surface area contributed by atoms with Crippen LogP contribution in [0.1, 0.15) is 56.6 Å². The molecule has 0 atom stereocenters. The largest absolute Gasteiger partial charge is 0.586 e. The number of aromatic nitrogens is 2. The Labute approximate surface area is 322 Å². The summed E-state index contributed by atoms with van der Waals surface area (Å²) >= 11 is 0. The number of halogens is 11. The highest BCUT2D eigenvalue weighted by molar-refractivity contribution is 5.83. The van der Waals surface area contributed by atoms with Crippen LogP contribution in [0.3, 0.4) is 0 Å². The summed E-state index contributed by atoms with van der Waals surface area (Å²) in [5.74, 6) is -6.29. The van der Waals surface area contributed by atoms with E-state index in [9.17, 15) is 48.3 Å². The van der Waals surface area contributed by atoms with Crippen LogP contribution in [-0.4, -0.2) is 117 Å². The molecule has 23 heteroatoms. The molecule has 0 unspecified atom stereocenters. The van der Waals surface area contributed by atoms with E-state index in [2.05, 4.69) is 57.2 Å². The minimum atomic E-state index is -5.08. The van der Waals surface area contributed by atoms with Gasteiger partial charge in [0.05, 0.1) is 11.0 Å². The molecule has 3 aliphatic rings. The topological polar surface area (TPSA) is 166 Å². The average molecular weight is 853 g/mol. The lowest BCUT2D eigenvalue weighted by atomic mass is 9.87. The Kier molecular flexibility index (Phi) is 15.4. The maximum atomic E-state index is 13.4. The van der Waals surface area contributed by atoms with Crippen molar-refractivity contribution in [2.45, 2.75) is 83.2 Å². The van der Waals surface area contributed by atoms with Crippen LogP contribution in [0.15, 0.2) is 30.3 Å². The second-order valence-electron chi connectivity index (χ2n) is 13.8. The molecule has 4 N–H and O–H groups in total. The number of aryl methyl sites for hydroxylation is 1. The Balaban J connectivity index is 0.000000353. The van der Waals surface area contributed by atoms with Crippen molar-refractivity contribution in [3.63, 3.8) is 0 Å². The molecule has 0 bridgehead atoms. The van der Waals surface area contributed by atoms with Crippen molar-refractivity contribution in [3.05, 3.63) is 41.5 Å². The molecule has 58 heavy (non-hydrogen) atoms. The van der Waals surface area contributed by atoms with E-state index < -0.39 is 42.7 Å². The van der Waals surface area contributed by atoms with Crippen LogP contribution in [0.5, 0.6) is 11.5 Å². The Morgan fingerprint density at radius 3 is 1.74 bits per heavy atom. The van der Waals surface area contributed by atoms with Crippen LogP contribution in [0.4, 0.5) is 48.3 Å². The molecule has 3 aliphatic heterocycles. The molecule has 2 aromatic carbocycles. The van der Waals surface area contributed by atoms with Gasteiger partial charge < -0.3 is 39.6 Å². The number of H-pyrrole nitrogens is 1. The number of alkyl halides is 11. The molecule has 3 aromatic rings. The van der Waals surface area contributed by atoms with E-state index in [-0.39, 0.29) is 11.5 Å². The van der Waals surface area contributed by atoms with Crippen molar-refractivity contribution in [1.82, 2.24) is 19.8 Å². The van der Waals surface area contributed by atoms with Gasteiger partial charge in [0, 0.05) is 18.2 Å². The maximum Gasteiger partial charge on any atom is 0.586 e. The van der Waals surface area contributed by atoms with Gasteiger partial charge in [-0.15, -0.1) is 8.78 Å².